The predicted octanol–water partition coefficient (Wildman–Crippen LogP) is 2.88. The highest BCUT2D eigenvalue weighted by Crippen LogP contribution is 2.28. The van der Waals surface area contributed by atoms with E-state index >= 15 is 0 Å². The molecule has 9 heteroatoms. The van der Waals surface area contributed by atoms with E-state index in [2.05, 4.69) is 10.2 Å². The Balaban J connectivity index is 1.67. The third-order valence-corrected chi connectivity index (χ3v) is 7.37. The molecule has 1 atom stereocenters. The van der Waals surface area contributed by atoms with Crippen LogP contribution < -0.4 is 0 Å². The maximum Gasteiger partial charge on any atom is 0.191 e. The lowest BCUT2D eigenvalue weighted by Crippen LogP contribution is -2.11. The SMILES string of the molecule is Cn1c(CC2CCS(=O)(=O)C2)nnc1SCc1c(F)cccc1Cl. The second kappa shape index (κ2) is 7.01. The summed E-state index contributed by atoms with van der Waals surface area (Å²) < 4.78 is 38.7. The lowest BCUT2D eigenvalue weighted by molar-refractivity contribution is 0.552. The number of rotatable bonds is 5. The number of halogens is 2. The molecule has 3 rings (SSSR count). The summed E-state index contributed by atoms with van der Waals surface area (Å²) in [6.45, 7) is 0. The van der Waals surface area contributed by atoms with Crippen molar-refractivity contribution in [2.75, 3.05) is 11.5 Å². The van der Waals surface area contributed by atoms with Gasteiger partial charge in [0.05, 0.1) is 11.5 Å². The zero-order chi connectivity index (χ0) is 17.3. The Kier molecular flexibility index (Phi) is 5.17. The Morgan fingerprint density at radius 1 is 1.42 bits per heavy atom. The minimum atomic E-state index is -2.90. The summed E-state index contributed by atoms with van der Waals surface area (Å²) in [5, 5.41) is 9.33. The van der Waals surface area contributed by atoms with Crippen LogP contribution in [0.4, 0.5) is 4.39 Å². The monoisotopic (exact) mass is 389 g/mol. The van der Waals surface area contributed by atoms with Crippen molar-refractivity contribution >= 4 is 33.2 Å². The zero-order valence-electron chi connectivity index (χ0n) is 13.1. The molecule has 1 saturated heterocycles. The van der Waals surface area contributed by atoms with Crippen molar-refractivity contribution in [1.29, 1.82) is 0 Å². The van der Waals surface area contributed by atoms with Crippen LogP contribution in [0.3, 0.4) is 0 Å². The van der Waals surface area contributed by atoms with E-state index in [4.69, 9.17) is 11.6 Å². The highest BCUT2D eigenvalue weighted by atomic mass is 35.5. The molecule has 1 aliphatic heterocycles. The van der Waals surface area contributed by atoms with Gasteiger partial charge < -0.3 is 4.57 Å². The third kappa shape index (κ3) is 3.92. The molecular formula is C15H17ClFN3O2S2. The number of thioether (sulfide) groups is 1. The maximum atomic E-state index is 13.8. The number of benzene rings is 1. The standard InChI is InChI=1S/C15H17ClFN3O2S2/c1-20-14(7-10-5-6-24(21,22)9-10)18-19-15(20)23-8-11-12(16)3-2-4-13(11)17/h2-4,10H,5-9H2,1H3. The van der Waals surface area contributed by atoms with Gasteiger partial charge in [-0.15, -0.1) is 10.2 Å². The lowest BCUT2D eigenvalue weighted by atomic mass is 10.1. The first-order chi connectivity index (χ1) is 11.4. The Morgan fingerprint density at radius 2 is 2.21 bits per heavy atom. The minimum absolute atomic E-state index is 0.0942. The molecule has 1 aromatic heterocycles. The topological polar surface area (TPSA) is 64.8 Å². The first-order valence-electron chi connectivity index (χ1n) is 7.50. The van der Waals surface area contributed by atoms with Gasteiger partial charge in [0.15, 0.2) is 15.0 Å². The highest BCUT2D eigenvalue weighted by Gasteiger charge is 2.29. The number of nitrogens with zero attached hydrogens (tertiary/aromatic N) is 3. The first kappa shape index (κ1) is 17.7. The molecule has 1 aliphatic rings. The van der Waals surface area contributed by atoms with Gasteiger partial charge in [0.2, 0.25) is 0 Å². The fourth-order valence-corrected chi connectivity index (χ4v) is 5.88. The van der Waals surface area contributed by atoms with Crippen molar-refractivity contribution in [3.8, 4) is 0 Å². The van der Waals surface area contributed by atoms with Gasteiger partial charge in [0, 0.05) is 29.8 Å². The van der Waals surface area contributed by atoms with Crippen LogP contribution in [-0.2, 0) is 29.1 Å². The Morgan fingerprint density at radius 3 is 2.88 bits per heavy atom. The fourth-order valence-electron chi connectivity index (χ4n) is 2.75. The van der Waals surface area contributed by atoms with Gasteiger partial charge in [0.25, 0.3) is 0 Å². The van der Waals surface area contributed by atoms with Crippen molar-refractivity contribution in [1.82, 2.24) is 14.8 Å². The summed E-state index contributed by atoms with van der Waals surface area (Å²) in [6.07, 6.45) is 1.26. The third-order valence-electron chi connectivity index (χ3n) is 4.13. The van der Waals surface area contributed by atoms with E-state index in [9.17, 15) is 12.8 Å². The molecule has 0 radical (unpaired) electrons. The van der Waals surface area contributed by atoms with Gasteiger partial charge in [-0.3, -0.25) is 0 Å². The normalized spacial score (nSPS) is 19.7. The number of hydrogen-bond donors (Lipinski definition) is 0. The van der Waals surface area contributed by atoms with Crippen LogP contribution in [0.5, 0.6) is 0 Å². The molecule has 130 valence electrons. The molecule has 0 spiro atoms. The molecule has 5 nitrogen and oxygen atoms in total. The molecular weight excluding hydrogens is 373 g/mol. The van der Waals surface area contributed by atoms with E-state index < -0.39 is 9.84 Å². The largest absolute Gasteiger partial charge is 0.309 e. The lowest BCUT2D eigenvalue weighted by Gasteiger charge is -2.08. The van der Waals surface area contributed by atoms with E-state index in [0.29, 0.717) is 34.3 Å². The van der Waals surface area contributed by atoms with Crippen LogP contribution >= 0.6 is 23.4 Å². The van der Waals surface area contributed by atoms with Gasteiger partial charge >= 0.3 is 0 Å². The minimum Gasteiger partial charge on any atom is -0.309 e. The van der Waals surface area contributed by atoms with Crippen LogP contribution in [0.15, 0.2) is 23.4 Å². The van der Waals surface area contributed by atoms with E-state index in [1.807, 2.05) is 11.6 Å². The summed E-state index contributed by atoms with van der Waals surface area (Å²) >= 11 is 7.38. The van der Waals surface area contributed by atoms with E-state index in [1.165, 1.54) is 17.8 Å². The van der Waals surface area contributed by atoms with Gasteiger partial charge in [0.1, 0.15) is 11.6 Å². The molecule has 0 amide bonds. The van der Waals surface area contributed by atoms with E-state index in [-0.39, 0.29) is 23.2 Å². The zero-order valence-corrected chi connectivity index (χ0v) is 15.5. The summed E-state index contributed by atoms with van der Waals surface area (Å²) in [5.41, 5.74) is 0.440. The van der Waals surface area contributed by atoms with Crippen molar-refractivity contribution in [2.45, 2.75) is 23.8 Å². The van der Waals surface area contributed by atoms with Crippen molar-refractivity contribution in [3.63, 3.8) is 0 Å². The smallest absolute Gasteiger partial charge is 0.191 e. The summed E-state index contributed by atoms with van der Waals surface area (Å²) in [5.74, 6) is 1.33. The Hall–Kier alpha value is -1.12. The predicted molar refractivity (Wildman–Crippen MR) is 92.4 cm³/mol. The average Bonchev–Trinajstić information content (AvgIpc) is 3.03. The molecule has 1 unspecified atom stereocenters. The van der Waals surface area contributed by atoms with Gasteiger partial charge in [-0.25, -0.2) is 12.8 Å². The molecule has 0 N–H and O–H groups in total. The van der Waals surface area contributed by atoms with Gasteiger partial charge in [-0.1, -0.05) is 29.4 Å². The highest BCUT2D eigenvalue weighted by molar-refractivity contribution is 7.98. The van der Waals surface area contributed by atoms with Crippen LogP contribution in [0.2, 0.25) is 5.02 Å². The van der Waals surface area contributed by atoms with Crippen LogP contribution in [0.25, 0.3) is 0 Å². The fraction of sp³-hybridized carbons (Fsp3) is 0.467. The molecule has 0 aliphatic carbocycles. The second-order valence-corrected chi connectivity index (χ2v) is 9.50. The maximum absolute atomic E-state index is 13.8. The summed E-state index contributed by atoms with van der Waals surface area (Å²) in [7, 11) is -1.06. The molecule has 0 bridgehead atoms. The Bertz CT molecular complexity index is 834. The quantitative estimate of drug-likeness (QED) is 0.735. The molecule has 2 heterocycles. The van der Waals surface area contributed by atoms with Gasteiger partial charge in [-0.05, 0) is 24.5 Å². The summed E-state index contributed by atoms with van der Waals surface area (Å²) in [4.78, 5) is 0. The van der Waals surface area contributed by atoms with Crippen molar-refractivity contribution in [2.24, 2.45) is 13.0 Å². The van der Waals surface area contributed by atoms with Gasteiger partial charge in [-0.2, -0.15) is 0 Å². The van der Waals surface area contributed by atoms with E-state index in [0.717, 1.165) is 5.82 Å². The first-order valence-corrected chi connectivity index (χ1v) is 10.7. The molecule has 1 aromatic carbocycles. The Labute approximate surface area is 149 Å². The van der Waals surface area contributed by atoms with Crippen LogP contribution in [0.1, 0.15) is 17.8 Å². The van der Waals surface area contributed by atoms with Crippen LogP contribution in [0, 0.1) is 11.7 Å². The summed E-state index contributed by atoms with van der Waals surface area (Å²) in [6, 6.07) is 4.61. The molecule has 24 heavy (non-hydrogen) atoms. The number of aromatic nitrogens is 3. The molecule has 1 fully saturated rings. The molecule has 0 saturated carbocycles. The van der Waals surface area contributed by atoms with Crippen molar-refractivity contribution < 1.29 is 12.8 Å². The number of hydrogen-bond acceptors (Lipinski definition) is 5. The van der Waals surface area contributed by atoms with Crippen molar-refractivity contribution in [3.05, 3.63) is 40.4 Å². The second-order valence-electron chi connectivity index (χ2n) is 5.92. The van der Waals surface area contributed by atoms with E-state index in [1.54, 1.807) is 12.1 Å². The number of sulfone groups is 1. The average molecular weight is 390 g/mol. The van der Waals surface area contributed by atoms with Crippen LogP contribution in [-0.4, -0.2) is 34.7 Å². The molecule has 2 aromatic rings.